The van der Waals surface area contributed by atoms with Gasteiger partial charge in [-0.3, -0.25) is 9.78 Å². The summed E-state index contributed by atoms with van der Waals surface area (Å²) in [5.74, 6) is 0.686. The van der Waals surface area contributed by atoms with Gasteiger partial charge in [-0.05, 0) is 18.1 Å². The summed E-state index contributed by atoms with van der Waals surface area (Å²) in [4.78, 5) is 16.2. The first-order valence-corrected chi connectivity index (χ1v) is 6.01. The molecule has 2 heteroatoms. The van der Waals surface area contributed by atoms with E-state index in [1.165, 1.54) is 0 Å². The van der Waals surface area contributed by atoms with E-state index in [0.29, 0.717) is 18.8 Å². The van der Waals surface area contributed by atoms with Crippen LogP contribution in [0.2, 0.25) is 0 Å². The first-order chi connectivity index (χ1) is 8.15. The maximum absolute atomic E-state index is 11.7. The number of aromatic nitrogens is 1. The van der Waals surface area contributed by atoms with Crippen LogP contribution < -0.4 is 0 Å². The van der Waals surface area contributed by atoms with E-state index in [-0.39, 0.29) is 5.78 Å². The second kappa shape index (κ2) is 5.09. The number of nitrogens with zero attached hydrogens (tertiary/aromatic N) is 1. The molecule has 0 atom stereocenters. The highest BCUT2D eigenvalue weighted by Crippen LogP contribution is 2.13. The van der Waals surface area contributed by atoms with E-state index in [4.69, 9.17) is 0 Å². The monoisotopic (exact) mass is 227 g/mol. The minimum Gasteiger partial charge on any atom is -0.299 e. The summed E-state index contributed by atoms with van der Waals surface area (Å²) in [6.45, 7) is 4.12. The Hall–Kier alpha value is -1.70. The van der Waals surface area contributed by atoms with Crippen LogP contribution in [0.15, 0.2) is 36.4 Å². The minimum atomic E-state index is 0.266. The van der Waals surface area contributed by atoms with Crippen LogP contribution in [0.1, 0.15) is 26.0 Å². The number of Topliss-reactive ketones (excluding diaryl/α,β-unsaturated/α-hetero) is 1. The Morgan fingerprint density at radius 2 is 1.94 bits per heavy atom. The van der Waals surface area contributed by atoms with E-state index < -0.39 is 0 Å². The molecule has 0 bridgehead atoms. The Balaban J connectivity index is 2.17. The van der Waals surface area contributed by atoms with E-state index in [9.17, 15) is 4.79 Å². The van der Waals surface area contributed by atoms with Gasteiger partial charge < -0.3 is 0 Å². The number of ketones is 1. The maximum atomic E-state index is 11.7. The quantitative estimate of drug-likeness (QED) is 0.801. The summed E-state index contributed by atoms with van der Waals surface area (Å²) in [6.07, 6.45) is 1.08. The first kappa shape index (κ1) is 11.8. The number of carbonyl (C=O) groups is 1. The average molecular weight is 227 g/mol. The molecule has 1 heterocycles. The normalized spacial score (nSPS) is 11.0. The number of benzene rings is 1. The molecule has 0 aliphatic heterocycles. The fourth-order valence-electron chi connectivity index (χ4n) is 1.94. The van der Waals surface area contributed by atoms with Gasteiger partial charge in [0, 0.05) is 23.9 Å². The van der Waals surface area contributed by atoms with Gasteiger partial charge in [-0.1, -0.05) is 38.1 Å². The topological polar surface area (TPSA) is 30.0 Å². The molecule has 1 aromatic heterocycles. The molecule has 0 aliphatic carbocycles. The average Bonchev–Trinajstić information content (AvgIpc) is 2.27. The third kappa shape index (κ3) is 3.13. The molecule has 0 radical (unpaired) electrons. The van der Waals surface area contributed by atoms with Crippen LogP contribution in [-0.2, 0) is 11.2 Å². The Kier molecular flexibility index (Phi) is 3.52. The fraction of sp³-hybridized carbons (Fsp3) is 0.333. The maximum Gasteiger partial charge on any atom is 0.139 e. The second-order valence-electron chi connectivity index (χ2n) is 4.81. The van der Waals surface area contributed by atoms with Gasteiger partial charge in [-0.15, -0.1) is 0 Å². The van der Waals surface area contributed by atoms with Crippen molar-refractivity contribution in [2.75, 3.05) is 0 Å². The van der Waals surface area contributed by atoms with Crippen molar-refractivity contribution in [2.24, 2.45) is 5.92 Å². The van der Waals surface area contributed by atoms with Crippen LogP contribution in [0.5, 0.6) is 0 Å². The molecule has 2 nitrogen and oxygen atoms in total. The third-order valence-electron chi connectivity index (χ3n) is 2.67. The Bertz CT molecular complexity index is 531. The van der Waals surface area contributed by atoms with Crippen LogP contribution in [0.3, 0.4) is 0 Å². The van der Waals surface area contributed by atoms with Gasteiger partial charge in [0.05, 0.1) is 5.52 Å². The molecule has 0 N–H and O–H groups in total. The highest BCUT2D eigenvalue weighted by Gasteiger charge is 2.07. The molecular weight excluding hydrogens is 210 g/mol. The number of rotatable bonds is 4. The predicted octanol–water partition coefficient (Wildman–Crippen LogP) is 3.39. The van der Waals surface area contributed by atoms with Gasteiger partial charge in [0.25, 0.3) is 0 Å². The standard InChI is InChI=1S/C15H17NO/c1-11(2)9-14(17)10-13-8-7-12-5-3-4-6-15(12)16-13/h3-8,11H,9-10H2,1-2H3. The van der Waals surface area contributed by atoms with Crippen molar-refractivity contribution in [3.63, 3.8) is 0 Å². The van der Waals surface area contributed by atoms with Crippen molar-refractivity contribution in [2.45, 2.75) is 26.7 Å². The van der Waals surface area contributed by atoms with Crippen LogP contribution in [0.4, 0.5) is 0 Å². The Labute approximate surface area is 102 Å². The molecule has 2 rings (SSSR count). The predicted molar refractivity (Wildman–Crippen MR) is 69.9 cm³/mol. The summed E-state index contributed by atoms with van der Waals surface area (Å²) < 4.78 is 0. The molecule has 0 saturated heterocycles. The number of para-hydroxylation sites is 1. The van der Waals surface area contributed by atoms with Crippen molar-refractivity contribution in [3.05, 3.63) is 42.1 Å². The Morgan fingerprint density at radius 3 is 2.71 bits per heavy atom. The van der Waals surface area contributed by atoms with Gasteiger partial charge in [0.1, 0.15) is 5.78 Å². The van der Waals surface area contributed by atoms with Gasteiger partial charge in [0.2, 0.25) is 0 Å². The van der Waals surface area contributed by atoms with Crippen LogP contribution in [0.25, 0.3) is 10.9 Å². The zero-order chi connectivity index (χ0) is 12.3. The molecule has 0 spiro atoms. The van der Waals surface area contributed by atoms with Crippen molar-refractivity contribution >= 4 is 16.7 Å². The molecule has 0 amide bonds. The summed E-state index contributed by atoms with van der Waals surface area (Å²) in [6, 6.07) is 11.9. The molecule has 0 saturated carbocycles. The zero-order valence-electron chi connectivity index (χ0n) is 10.3. The lowest BCUT2D eigenvalue weighted by Crippen LogP contribution is -2.07. The molecule has 17 heavy (non-hydrogen) atoms. The minimum absolute atomic E-state index is 0.266. The number of hydrogen-bond donors (Lipinski definition) is 0. The number of carbonyl (C=O) groups excluding carboxylic acids is 1. The van der Waals surface area contributed by atoms with E-state index >= 15 is 0 Å². The highest BCUT2D eigenvalue weighted by molar-refractivity contribution is 5.82. The van der Waals surface area contributed by atoms with E-state index in [1.54, 1.807) is 0 Å². The van der Waals surface area contributed by atoms with Crippen molar-refractivity contribution in [3.8, 4) is 0 Å². The Morgan fingerprint density at radius 1 is 1.18 bits per heavy atom. The number of pyridine rings is 1. The fourth-order valence-corrected chi connectivity index (χ4v) is 1.94. The molecule has 0 aliphatic rings. The number of hydrogen-bond acceptors (Lipinski definition) is 2. The molecule has 0 fully saturated rings. The zero-order valence-corrected chi connectivity index (χ0v) is 10.3. The van der Waals surface area contributed by atoms with Gasteiger partial charge >= 0.3 is 0 Å². The van der Waals surface area contributed by atoms with Crippen molar-refractivity contribution in [1.82, 2.24) is 4.98 Å². The summed E-state index contributed by atoms with van der Waals surface area (Å²) in [7, 11) is 0. The van der Waals surface area contributed by atoms with Gasteiger partial charge in [-0.25, -0.2) is 0 Å². The summed E-state index contributed by atoms with van der Waals surface area (Å²) in [5.41, 5.74) is 1.83. The molecule has 2 aromatic rings. The third-order valence-corrected chi connectivity index (χ3v) is 2.67. The lowest BCUT2D eigenvalue weighted by Gasteiger charge is -2.04. The summed E-state index contributed by atoms with van der Waals surface area (Å²) in [5, 5.41) is 1.12. The van der Waals surface area contributed by atoms with E-state index in [1.807, 2.05) is 36.4 Å². The van der Waals surface area contributed by atoms with Gasteiger partial charge in [0.15, 0.2) is 0 Å². The number of fused-ring (bicyclic) bond motifs is 1. The van der Waals surface area contributed by atoms with Crippen molar-refractivity contribution in [1.29, 1.82) is 0 Å². The van der Waals surface area contributed by atoms with Crippen molar-refractivity contribution < 1.29 is 4.79 Å². The first-order valence-electron chi connectivity index (χ1n) is 6.01. The van der Waals surface area contributed by atoms with Crippen LogP contribution in [0, 0.1) is 5.92 Å². The van der Waals surface area contributed by atoms with Gasteiger partial charge in [-0.2, -0.15) is 0 Å². The second-order valence-corrected chi connectivity index (χ2v) is 4.81. The lowest BCUT2D eigenvalue weighted by molar-refractivity contribution is -0.119. The summed E-state index contributed by atoms with van der Waals surface area (Å²) >= 11 is 0. The lowest BCUT2D eigenvalue weighted by atomic mass is 10.0. The highest BCUT2D eigenvalue weighted by atomic mass is 16.1. The van der Waals surface area contributed by atoms with Crippen LogP contribution in [-0.4, -0.2) is 10.8 Å². The molecule has 88 valence electrons. The molecule has 1 aromatic carbocycles. The van der Waals surface area contributed by atoms with Crippen LogP contribution >= 0.6 is 0 Å². The largest absolute Gasteiger partial charge is 0.299 e. The smallest absolute Gasteiger partial charge is 0.139 e. The van der Waals surface area contributed by atoms with E-state index in [0.717, 1.165) is 16.6 Å². The molecular formula is C15H17NO. The van der Waals surface area contributed by atoms with E-state index in [2.05, 4.69) is 18.8 Å². The molecule has 0 unspecified atom stereocenters. The SMILES string of the molecule is CC(C)CC(=O)Cc1ccc2ccccc2n1.